The second-order valence-corrected chi connectivity index (χ2v) is 7.98. The molecule has 0 unspecified atom stereocenters. The largest absolute Gasteiger partial charge is 0.338 e. The van der Waals surface area contributed by atoms with Crippen LogP contribution in [0.1, 0.15) is 11.5 Å². The monoisotopic (exact) mass is 379 g/mol. The first kappa shape index (κ1) is 17.4. The van der Waals surface area contributed by atoms with Crippen molar-refractivity contribution in [2.24, 2.45) is 0 Å². The van der Waals surface area contributed by atoms with E-state index in [1.54, 1.807) is 18.2 Å². The van der Waals surface area contributed by atoms with Crippen molar-refractivity contribution in [1.82, 2.24) is 14.9 Å². The smallest absolute Gasteiger partial charge is 0.242 e. The SMILES string of the molecule is Cc1cccc(-c2noc(CNS(=O)(=O)c3ccc4ccccc4c3)n2)c1. The first-order chi connectivity index (χ1) is 13.0. The van der Waals surface area contributed by atoms with Gasteiger partial charge in [-0.15, -0.1) is 0 Å². The number of aromatic nitrogens is 2. The molecule has 0 aliphatic rings. The summed E-state index contributed by atoms with van der Waals surface area (Å²) in [4.78, 5) is 4.46. The van der Waals surface area contributed by atoms with Gasteiger partial charge in [0.25, 0.3) is 0 Å². The molecular weight excluding hydrogens is 362 g/mol. The number of hydrogen-bond acceptors (Lipinski definition) is 5. The Morgan fingerprint density at radius 2 is 1.78 bits per heavy atom. The van der Waals surface area contributed by atoms with E-state index < -0.39 is 10.0 Å². The van der Waals surface area contributed by atoms with Gasteiger partial charge in [-0.2, -0.15) is 4.98 Å². The Hall–Kier alpha value is -3.03. The molecule has 3 aromatic carbocycles. The fourth-order valence-corrected chi connectivity index (χ4v) is 3.81. The van der Waals surface area contributed by atoms with Gasteiger partial charge in [0.15, 0.2) is 0 Å². The maximum absolute atomic E-state index is 12.6. The Balaban J connectivity index is 1.52. The standard InChI is InChI=1S/C20H17N3O3S/c1-14-5-4-8-17(11-14)20-22-19(26-23-20)13-21-27(24,25)18-10-9-15-6-2-3-7-16(15)12-18/h2-12,21H,13H2,1H3. The highest BCUT2D eigenvalue weighted by Crippen LogP contribution is 2.20. The maximum Gasteiger partial charge on any atom is 0.242 e. The van der Waals surface area contributed by atoms with Gasteiger partial charge >= 0.3 is 0 Å². The summed E-state index contributed by atoms with van der Waals surface area (Å²) in [5, 5.41) is 5.76. The summed E-state index contributed by atoms with van der Waals surface area (Å²) < 4.78 is 32.8. The molecule has 0 aliphatic heterocycles. The van der Waals surface area contributed by atoms with Crippen LogP contribution in [0.25, 0.3) is 22.2 Å². The molecule has 1 N–H and O–H groups in total. The molecule has 6 nitrogen and oxygen atoms in total. The van der Waals surface area contributed by atoms with Crippen molar-refractivity contribution in [3.05, 3.63) is 78.2 Å². The second-order valence-electron chi connectivity index (χ2n) is 6.21. The number of nitrogens with one attached hydrogen (secondary N) is 1. The van der Waals surface area contributed by atoms with Crippen molar-refractivity contribution in [1.29, 1.82) is 0 Å². The van der Waals surface area contributed by atoms with Crippen LogP contribution >= 0.6 is 0 Å². The number of nitrogens with zero attached hydrogens (tertiary/aromatic N) is 2. The maximum atomic E-state index is 12.6. The van der Waals surface area contributed by atoms with Crippen LogP contribution in [-0.4, -0.2) is 18.6 Å². The molecule has 0 saturated heterocycles. The molecule has 0 fully saturated rings. The number of fused-ring (bicyclic) bond motifs is 1. The lowest BCUT2D eigenvalue weighted by atomic mass is 10.1. The minimum absolute atomic E-state index is 0.0754. The van der Waals surface area contributed by atoms with Gasteiger partial charge in [-0.05, 0) is 35.9 Å². The van der Waals surface area contributed by atoms with Gasteiger partial charge in [0, 0.05) is 5.56 Å². The molecule has 4 rings (SSSR count). The third-order valence-corrected chi connectivity index (χ3v) is 5.59. The molecule has 0 radical (unpaired) electrons. The molecule has 0 spiro atoms. The molecule has 0 bridgehead atoms. The summed E-state index contributed by atoms with van der Waals surface area (Å²) in [5.41, 5.74) is 1.90. The van der Waals surface area contributed by atoms with Crippen LogP contribution in [0.5, 0.6) is 0 Å². The normalized spacial score (nSPS) is 11.7. The first-order valence-electron chi connectivity index (χ1n) is 8.39. The van der Waals surface area contributed by atoms with Crippen molar-refractivity contribution >= 4 is 20.8 Å². The number of sulfonamides is 1. The Morgan fingerprint density at radius 3 is 2.59 bits per heavy atom. The highest BCUT2D eigenvalue weighted by atomic mass is 32.2. The van der Waals surface area contributed by atoms with E-state index in [1.807, 2.05) is 55.5 Å². The van der Waals surface area contributed by atoms with Gasteiger partial charge in [0.2, 0.25) is 21.7 Å². The predicted octanol–water partition coefficient (Wildman–Crippen LogP) is 3.68. The van der Waals surface area contributed by atoms with E-state index in [2.05, 4.69) is 14.9 Å². The number of benzene rings is 3. The van der Waals surface area contributed by atoms with Crippen LogP contribution in [-0.2, 0) is 16.6 Å². The topological polar surface area (TPSA) is 85.1 Å². The van der Waals surface area contributed by atoms with E-state index in [4.69, 9.17) is 4.52 Å². The zero-order valence-electron chi connectivity index (χ0n) is 14.6. The summed E-state index contributed by atoms with van der Waals surface area (Å²) in [7, 11) is -3.69. The zero-order valence-corrected chi connectivity index (χ0v) is 15.4. The molecule has 7 heteroatoms. The Labute approximate surface area is 156 Å². The van der Waals surface area contributed by atoms with Crippen molar-refractivity contribution in [2.45, 2.75) is 18.4 Å². The summed E-state index contributed by atoms with van der Waals surface area (Å²) in [6.07, 6.45) is 0. The van der Waals surface area contributed by atoms with Gasteiger partial charge in [-0.3, -0.25) is 0 Å². The lowest BCUT2D eigenvalue weighted by Crippen LogP contribution is -2.23. The first-order valence-corrected chi connectivity index (χ1v) is 9.88. The lowest BCUT2D eigenvalue weighted by Gasteiger charge is -2.06. The van der Waals surface area contributed by atoms with Crippen molar-refractivity contribution < 1.29 is 12.9 Å². The summed E-state index contributed by atoms with van der Waals surface area (Å²) in [5.74, 6) is 0.634. The molecular formula is C20H17N3O3S. The van der Waals surface area contributed by atoms with Gasteiger partial charge in [0.05, 0.1) is 11.4 Å². The minimum Gasteiger partial charge on any atom is -0.338 e. The Kier molecular flexibility index (Phi) is 4.47. The third-order valence-electron chi connectivity index (χ3n) is 4.19. The number of aryl methyl sites for hydroxylation is 1. The zero-order chi connectivity index (χ0) is 18.9. The van der Waals surface area contributed by atoms with Gasteiger partial charge < -0.3 is 4.52 Å². The minimum atomic E-state index is -3.69. The van der Waals surface area contributed by atoms with Crippen LogP contribution < -0.4 is 4.72 Å². The average Bonchev–Trinajstić information content (AvgIpc) is 3.15. The van der Waals surface area contributed by atoms with Crippen molar-refractivity contribution in [3.8, 4) is 11.4 Å². The number of rotatable bonds is 5. The third kappa shape index (κ3) is 3.74. The second kappa shape index (κ2) is 6.94. The molecule has 0 saturated carbocycles. The number of hydrogen-bond donors (Lipinski definition) is 1. The van der Waals surface area contributed by atoms with Gasteiger partial charge in [-0.25, -0.2) is 13.1 Å². The molecule has 1 aromatic heterocycles. The van der Waals surface area contributed by atoms with Gasteiger partial charge in [0.1, 0.15) is 0 Å². The van der Waals surface area contributed by atoms with E-state index in [-0.39, 0.29) is 17.3 Å². The summed E-state index contributed by atoms with van der Waals surface area (Å²) in [6.45, 7) is 1.90. The van der Waals surface area contributed by atoms with E-state index >= 15 is 0 Å². The van der Waals surface area contributed by atoms with Crippen LogP contribution in [0.3, 0.4) is 0 Å². The molecule has 27 heavy (non-hydrogen) atoms. The fourth-order valence-electron chi connectivity index (χ4n) is 2.80. The molecule has 4 aromatic rings. The fraction of sp³-hybridized carbons (Fsp3) is 0.100. The van der Waals surface area contributed by atoms with Crippen LogP contribution in [0.4, 0.5) is 0 Å². The van der Waals surface area contributed by atoms with Crippen molar-refractivity contribution in [3.63, 3.8) is 0 Å². The molecule has 136 valence electrons. The van der Waals surface area contributed by atoms with E-state index in [1.165, 1.54) is 0 Å². The highest BCUT2D eigenvalue weighted by Gasteiger charge is 2.17. The molecule has 1 heterocycles. The molecule has 0 amide bonds. The van der Waals surface area contributed by atoms with E-state index in [9.17, 15) is 8.42 Å². The predicted molar refractivity (Wildman–Crippen MR) is 102 cm³/mol. The van der Waals surface area contributed by atoms with Crippen molar-refractivity contribution in [2.75, 3.05) is 0 Å². The lowest BCUT2D eigenvalue weighted by molar-refractivity contribution is 0.376. The summed E-state index contributed by atoms with van der Waals surface area (Å²) in [6, 6.07) is 20.3. The quantitative estimate of drug-likeness (QED) is 0.572. The van der Waals surface area contributed by atoms with Crippen LogP contribution in [0.2, 0.25) is 0 Å². The molecule has 0 atom stereocenters. The Bertz CT molecular complexity index is 1220. The van der Waals surface area contributed by atoms with Gasteiger partial charge in [-0.1, -0.05) is 59.3 Å². The van der Waals surface area contributed by atoms with E-state index in [0.29, 0.717) is 5.82 Å². The Morgan fingerprint density at radius 1 is 0.963 bits per heavy atom. The average molecular weight is 379 g/mol. The highest BCUT2D eigenvalue weighted by molar-refractivity contribution is 7.89. The van der Waals surface area contributed by atoms with Crippen LogP contribution in [0, 0.1) is 6.92 Å². The van der Waals surface area contributed by atoms with Crippen LogP contribution in [0.15, 0.2) is 76.1 Å². The molecule has 0 aliphatic carbocycles. The summed E-state index contributed by atoms with van der Waals surface area (Å²) >= 11 is 0. The van der Waals surface area contributed by atoms with E-state index in [0.717, 1.165) is 21.9 Å².